The van der Waals surface area contributed by atoms with Crippen LogP contribution in [0.1, 0.15) is 30.4 Å². The molecule has 2 N–H and O–H groups in total. The molecule has 9 aromatic rings. The van der Waals surface area contributed by atoms with Crippen molar-refractivity contribution >= 4 is 44.6 Å². The number of para-hydroxylation sites is 4. The largest absolute Gasteiger partial charge is 0.457 e. The van der Waals surface area contributed by atoms with Crippen LogP contribution in [0.4, 0.5) is 22.7 Å². The number of hydrogen-bond donors (Lipinski definition) is 2. The zero-order valence-electron chi connectivity index (χ0n) is 34.5. The molecule has 0 bridgehead atoms. The number of pyridine rings is 1. The van der Waals surface area contributed by atoms with Gasteiger partial charge in [0.2, 0.25) is 0 Å². The van der Waals surface area contributed by atoms with Gasteiger partial charge in [-0.25, -0.2) is 4.98 Å². The lowest BCUT2D eigenvalue weighted by molar-refractivity contribution is 0.483. The smallest absolute Gasteiger partial charge is 0.137 e. The molecule has 0 saturated carbocycles. The predicted octanol–water partition coefficient (Wildman–Crippen LogP) is 14.1. The highest BCUT2D eigenvalue weighted by molar-refractivity contribution is 6.09. The van der Waals surface area contributed by atoms with Crippen molar-refractivity contribution in [1.29, 1.82) is 0 Å². The summed E-state index contributed by atoms with van der Waals surface area (Å²) in [6.45, 7) is 5.89. The number of aromatic nitrogens is 2. The van der Waals surface area contributed by atoms with Gasteiger partial charge in [0.1, 0.15) is 17.3 Å². The Morgan fingerprint density at radius 3 is 1.89 bits per heavy atom. The molecule has 0 aliphatic heterocycles. The van der Waals surface area contributed by atoms with Crippen molar-refractivity contribution in [1.82, 2.24) is 9.55 Å². The Bertz CT molecular complexity index is 2940. The van der Waals surface area contributed by atoms with Gasteiger partial charge in [-0.3, -0.25) is 4.57 Å². The van der Waals surface area contributed by atoms with Gasteiger partial charge in [-0.05, 0) is 76.7 Å². The van der Waals surface area contributed by atoms with E-state index in [2.05, 4.69) is 94.5 Å². The summed E-state index contributed by atoms with van der Waals surface area (Å²) in [5, 5.41) is 9.42. The summed E-state index contributed by atoms with van der Waals surface area (Å²) in [6, 6.07) is 57.4. The van der Waals surface area contributed by atoms with Crippen LogP contribution < -0.4 is 15.4 Å². The number of fused-ring (bicyclic) bond motifs is 3. The minimum absolute atomic E-state index is 0.0168. The summed E-state index contributed by atoms with van der Waals surface area (Å²) in [5.41, 5.74) is 9.76. The Labute approximate surface area is 332 Å². The molecule has 0 fully saturated rings. The molecule has 56 heavy (non-hydrogen) atoms. The first-order valence-corrected chi connectivity index (χ1v) is 18.8. The molecule has 0 spiro atoms. The Hall–Kier alpha value is -7.11. The molecule has 0 amide bonds. The fraction of sp³-hybridized carbons (Fsp3) is 0.0784. The molecular formula is C51H42N4O. The van der Waals surface area contributed by atoms with E-state index in [1.54, 1.807) is 0 Å². The van der Waals surface area contributed by atoms with Crippen LogP contribution in [0, 0.1) is 0 Å². The average molecular weight is 730 g/mol. The molecule has 272 valence electrons. The SMILES string of the molecule is [2H]c1nc(-n2c3ccccc3c3ccc(Oc4cccc(Nc5ccccc5Nc5c(-c6ccccc6)cccc5-c5ccccc5)c4)cc32)c([2H])c(C(C)(C)C)c1[2H]. The summed E-state index contributed by atoms with van der Waals surface area (Å²) in [5.74, 6) is 1.57. The van der Waals surface area contributed by atoms with Crippen LogP contribution in [0.5, 0.6) is 11.5 Å². The van der Waals surface area contributed by atoms with Crippen LogP contribution in [0.3, 0.4) is 0 Å². The van der Waals surface area contributed by atoms with Crippen LogP contribution in [-0.4, -0.2) is 9.55 Å². The van der Waals surface area contributed by atoms with Gasteiger partial charge in [-0.2, -0.15) is 0 Å². The van der Waals surface area contributed by atoms with E-state index in [0.717, 1.165) is 66.8 Å². The van der Waals surface area contributed by atoms with E-state index in [4.69, 9.17) is 7.48 Å². The predicted molar refractivity (Wildman–Crippen MR) is 234 cm³/mol. The van der Waals surface area contributed by atoms with Gasteiger partial charge < -0.3 is 15.4 Å². The number of benzene rings is 7. The number of hydrogen-bond acceptors (Lipinski definition) is 4. The maximum atomic E-state index is 9.26. The van der Waals surface area contributed by atoms with Crippen molar-refractivity contribution in [2.45, 2.75) is 26.2 Å². The van der Waals surface area contributed by atoms with Gasteiger partial charge in [0.15, 0.2) is 0 Å². The molecule has 7 aromatic carbocycles. The van der Waals surface area contributed by atoms with Crippen molar-refractivity contribution in [2.75, 3.05) is 10.6 Å². The second kappa shape index (κ2) is 14.6. The van der Waals surface area contributed by atoms with Gasteiger partial charge in [-0.1, -0.05) is 136 Å². The molecule has 0 saturated heterocycles. The van der Waals surface area contributed by atoms with E-state index in [0.29, 0.717) is 22.9 Å². The maximum absolute atomic E-state index is 9.26. The Kier molecular flexibility index (Phi) is 8.16. The summed E-state index contributed by atoms with van der Waals surface area (Å²) in [4.78, 5) is 4.53. The minimum atomic E-state index is -0.526. The molecule has 2 aromatic heterocycles. The lowest BCUT2D eigenvalue weighted by atomic mass is 9.88. The molecule has 0 unspecified atom stereocenters. The van der Waals surface area contributed by atoms with E-state index in [1.165, 1.54) is 0 Å². The number of anilines is 4. The third kappa shape index (κ3) is 6.87. The fourth-order valence-electron chi connectivity index (χ4n) is 7.20. The molecular weight excluding hydrogens is 685 g/mol. The van der Waals surface area contributed by atoms with E-state index < -0.39 is 5.41 Å². The Morgan fingerprint density at radius 2 is 1.18 bits per heavy atom. The second-order valence-corrected chi connectivity index (χ2v) is 14.8. The van der Waals surface area contributed by atoms with Crippen molar-refractivity contribution in [2.24, 2.45) is 0 Å². The minimum Gasteiger partial charge on any atom is -0.457 e. The second-order valence-electron chi connectivity index (χ2n) is 14.8. The summed E-state index contributed by atoms with van der Waals surface area (Å²) in [7, 11) is 0. The van der Waals surface area contributed by atoms with E-state index in [1.807, 2.05) is 116 Å². The molecule has 9 rings (SSSR count). The van der Waals surface area contributed by atoms with Crippen LogP contribution in [0.2, 0.25) is 0 Å². The van der Waals surface area contributed by atoms with Gasteiger partial charge in [0, 0.05) is 45.9 Å². The van der Waals surface area contributed by atoms with Crippen molar-refractivity contribution < 1.29 is 8.85 Å². The first-order valence-electron chi connectivity index (χ1n) is 20.3. The molecule has 0 aliphatic rings. The van der Waals surface area contributed by atoms with Crippen LogP contribution in [-0.2, 0) is 5.41 Å². The zero-order chi connectivity index (χ0) is 40.7. The van der Waals surface area contributed by atoms with E-state index in [-0.39, 0.29) is 18.3 Å². The first kappa shape index (κ1) is 31.3. The summed E-state index contributed by atoms with van der Waals surface area (Å²) >= 11 is 0. The Morgan fingerprint density at radius 1 is 0.571 bits per heavy atom. The van der Waals surface area contributed by atoms with Crippen molar-refractivity contribution in [3.05, 3.63) is 194 Å². The zero-order valence-corrected chi connectivity index (χ0v) is 31.5. The third-order valence-electron chi connectivity index (χ3n) is 9.96. The standard InChI is InChI=1S/C51H42N4O/c1-51(2,3)37-30-31-52-49(32-37)55-47-27-13-10-22-43(47)44-29-28-40(34-48(44)55)56-39-21-14-20-38(33-39)53-45-25-11-12-26-46(45)54-50-41(35-16-6-4-7-17-35)23-15-24-42(50)36-18-8-5-9-19-36/h4-34,53-54H,1-3H3/i30D,31D,32D. The van der Waals surface area contributed by atoms with Crippen molar-refractivity contribution in [3.8, 4) is 39.6 Å². The first-order chi connectivity index (χ1) is 28.6. The molecule has 5 nitrogen and oxygen atoms in total. The lowest BCUT2D eigenvalue weighted by Crippen LogP contribution is -2.12. The molecule has 0 atom stereocenters. The number of nitrogens with zero attached hydrogens (tertiary/aromatic N) is 2. The van der Waals surface area contributed by atoms with Crippen molar-refractivity contribution in [3.63, 3.8) is 0 Å². The van der Waals surface area contributed by atoms with E-state index in [9.17, 15) is 1.37 Å². The monoisotopic (exact) mass is 729 g/mol. The van der Waals surface area contributed by atoms with Gasteiger partial charge in [0.25, 0.3) is 0 Å². The fourth-order valence-corrected chi connectivity index (χ4v) is 7.20. The van der Waals surface area contributed by atoms with Crippen LogP contribution in [0.25, 0.3) is 49.9 Å². The molecule has 0 aliphatic carbocycles. The molecule has 5 heteroatoms. The van der Waals surface area contributed by atoms with Crippen LogP contribution >= 0.6 is 0 Å². The topological polar surface area (TPSA) is 51.1 Å². The quantitative estimate of drug-likeness (QED) is 0.155. The Balaban J connectivity index is 1.06. The summed E-state index contributed by atoms with van der Waals surface area (Å²) in [6.07, 6.45) is -0.155. The lowest BCUT2D eigenvalue weighted by Gasteiger charge is -2.20. The van der Waals surface area contributed by atoms with Gasteiger partial charge in [0.05, 0.1) is 32.2 Å². The van der Waals surface area contributed by atoms with E-state index >= 15 is 0 Å². The highest BCUT2D eigenvalue weighted by atomic mass is 16.5. The normalized spacial score (nSPS) is 12.2. The molecule has 2 heterocycles. The third-order valence-corrected chi connectivity index (χ3v) is 9.96. The number of nitrogens with one attached hydrogen (secondary N) is 2. The van der Waals surface area contributed by atoms with Gasteiger partial charge >= 0.3 is 0 Å². The van der Waals surface area contributed by atoms with Crippen LogP contribution in [0.15, 0.2) is 188 Å². The van der Waals surface area contributed by atoms with Gasteiger partial charge in [-0.15, -0.1) is 0 Å². The maximum Gasteiger partial charge on any atom is 0.137 e. The molecule has 0 radical (unpaired) electrons. The highest BCUT2D eigenvalue weighted by Gasteiger charge is 2.19. The summed E-state index contributed by atoms with van der Waals surface area (Å²) < 4.78 is 35.0. The average Bonchev–Trinajstić information content (AvgIpc) is 3.56. The highest BCUT2D eigenvalue weighted by Crippen LogP contribution is 2.41. The number of ether oxygens (including phenoxy) is 1. The number of rotatable bonds is 9.